The molecule has 0 spiro atoms. The van der Waals surface area contributed by atoms with Crippen LogP contribution in [0.5, 0.6) is 0 Å². The van der Waals surface area contributed by atoms with Crippen LogP contribution >= 0.6 is 0 Å². The standard InChI is InChI=1S/C49H82O6/c1-4-7-10-13-16-19-22-24-25-26-28-30-33-36-39-42-48(51)54-45-46(44-53-47(50)41-38-35-32-29-21-18-15-12-9-6-3)55-49(52)43-40-37-34-31-27-23-20-17-14-11-8-5-2/h7-8,10-11,13,16-17,19-20,22,24-25,46H,4-6,9,12,14-15,18,21,23,26-45H2,1-3H3/b10-7-,11-8-,16-13-,20-17-,22-19-,25-24-. The molecule has 0 aromatic carbocycles. The molecule has 0 bridgehead atoms. The van der Waals surface area contributed by atoms with Crippen molar-refractivity contribution >= 4 is 17.9 Å². The lowest BCUT2D eigenvalue weighted by Crippen LogP contribution is -2.30. The van der Waals surface area contributed by atoms with E-state index in [0.717, 1.165) is 116 Å². The van der Waals surface area contributed by atoms with Crippen LogP contribution in [0.25, 0.3) is 0 Å². The van der Waals surface area contributed by atoms with Gasteiger partial charge in [-0.05, 0) is 64.2 Å². The molecule has 314 valence electrons. The minimum absolute atomic E-state index is 0.0887. The summed E-state index contributed by atoms with van der Waals surface area (Å²) < 4.78 is 16.7. The fraction of sp³-hybridized carbons (Fsp3) is 0.694. The lowest BCUT2D eigenvalue weighted by atomic mass is 10.1. The zero-order chi connectivity index (χ0) is 40.1. The highest BCUT2D eigenvalue weighted by Crippen LogP contribution is 2.14. The topological polar surface area (TPSA) is 78.9 Å². The maximum Gasteiger partial charge on any atom is 0.306 e. The highest BCUT2D eigenvalue weighted by Gasteiger charge is 2.19. The molecule has 0 aromatic rings. The number of rotatable bonds is 39. The van der Waals surface area contributed by atoms with Gasteiger partial charge in [0.05, 0.1) is 0 Å². The van der Waals surface area contributed by atoms with Gasteiger partial charge in [0.1, 0.15) is 13.2 Å². The van der Waals surface area contributed by atoms with Gasteiger partial charge >= 0.3 is 17.9 Å². The van der Waals surface area contributed by atoms with Gasteiger partial charge < -0.3 is 14.2 Å². The third-order valence-electron chi connectivity index (χ3n) is 9.30. The third-order valence-corrected chi connectivity index (χ3v) is 9.30. The number of hydrogen-bond acceptors (Lipinski definition) is 6. The lowest BCUT2D eigenvalue weighted by molar-refractivity contribution is -0.167. The molecule has 0 aliphatic rings. The maximum absolute atomic E-state index is 12.7. The molecule has 0 saturated heterocycles. The molecule has 0 aliphatic carbocycles. The first kappa shape index (κ1) is 51.9. The van der Waals surface area contributed by atoms with Crippen LogP contribution in [0.15, 0.2) is 72.9 Å². The van der Waals surface area contributed by atoms with Crippen LogP contribution in [-0.4, -0.2) is 37.2 Å². The van der Waals surface area contributed by atoms with Crippen LogP contribution in [0, 0.1) is 0 Å². The Kier molecular flexibility index (Phi) is 41.1. The number of ether oxygens (including phenoxy) is 3. The second-order valence-corrected chi connectivity index (χ2v) is 14.6. The summed E-state index contributed by atoms with van der Waals surface area (Å²) in [5, 5.41) is 0. The van der Waals surface area contributed by atoms with Gasteiger partial charge in [0.2, 0.25) is 0 Å². The normalized spacial score (nSPS) is 12.7. The lowest BCUT2D eigenvalue weighted by Gasteiger charge is -2.18. The second kappa shape index (κ2) is 43.6. The van der Waals surface area contributed by atoms with Gasteiger partial charge in [-0.2, -0.15) is 0 Å². The predicted octanol–water partition coefficient (Wildman–Crippen LogP) is 14.3. The third kappa shape index (κ3) is 41.8. The Labute approximate surface area is 338 Å². The minimum Gasteiger partial charge on any atom is -0.462 e. The first-order valence-corrected chi connectivity index (χ1v) is 22.5. The van der Waals surface area contributed by atoms with E-state index in [9.17, 15) is 14.4 Å². The van der Waals surface area contributed by atoms with Crippen molar-refractivity contribution < 1.29 is 28.6 Å². The summed E-state index contributed by atoms with van der Waals surface area (Å²) in [5.74, 6) is -0.935. The zero-order valence-corrected chi connectivity index (χ0v) is 35.7. The Balaban J connectivity index is 4.44. The second-order valence-electron chi connectivity index (χ2n) is 14.6. The van der Waals surface area contributed by atoms with Gasteiger partial charge in [0, 0.05) is 19.3 Å². The first-order chi connectivity index (χ1) is 27.0. The smallest absolute Gasteiger partial charge is 0.306 e. The van der Waals surface area contributed by atoms with E-state index in [4.69, 9.17) is 14.2 Å². The summed E-state index contributed by atoms with van der Waals surface area (Å²) in [4.78, 5) is 37.7. The molecule has 0 amide bonds. The summed E-state index contributed by atoms with van der Waals surface area (Å²) in [7, 11) is 0. The Morgan fingerprint density at radius 3 is 1.31 bits per heavy atom. The van der Waals surface area contributed by atoms with E-state index < -0.39 is 6.10 Å². The number of esters is 3. The van der Waals surface area contributed by atoms with Crippen molar-refractivity contribution in [2.45, 2.75) is 207 Å². The molecule has 0 rings (SSSR count). The number of hydrogen-bond donors (Lipinski definition) is 0. The average molecular weight is 767 g/mol. The molecule has 55 heavy (non-hydrogen) atoms. The van der Waals surface area contributed by atoms with E-state index in [1.165, 1.54) is 44.9 Å². The summed E-state index contributed by atoms with van der Waals surface area (Å²) in [6, 6.07) is 0. The Morgan fingerprint density at radius 2 is 0.800 bits per heavy atom. The molecule has 0 aromatic heterocycles. The van der Waals surface area contributed by atoms with Crippen molar-refractivity contribution in [1.82, 2.24) is 0 Å². The summed E-state index contributed by atoms with van der Waals surface area (Å²) >= 11 is 0. The van der Waals surface area contributed by atoms with E-state index in [1.54, 1.807) is 0 Å². The number of carbonyl (C=O) groups excluding carboxylic acids is 3. The molecule has 6 heteroatoms. The predicted molar refractivity (Wildman–Crippen MR) is 233 cm³/mol. The molecular formula is C49H82O6. The average Bonchev–Trinajstić information content (AvgIpc) is 3.18. The zero-order valence-electron chi connectivity index (χ0n) is 35.7. The van der Waals surface area contributed by atoms with Crippen molar-refractivity contribution in [3.05, 3.63) is 72.9 Å². The van der Waals surface area contributed by atoms with Crippen molar-refractivity contribution in [1.29, 1.82) is 0 Å². The van der Waals surface area contributed by atoms with E-state index in [-0.39, 0.29) is 31.1 Å². The van der Waals surface area contributed by atoms with Crippen LogP contribution in [0.4, 0.5) is 0 Å². The van der Waals surface area contributed by atoms with Crippen molar-refractivity contribution in [3.8, 4) is 0 Å². The van der Waals surface area contributed by atoms with Gasteiger partial charge in [-0.25, -0.2) is 0 Å². The summed E-state index contributed by atoms with van der Waals surface area (Å²) in [6.45, 7) is 6.32. The van der Waals surface area contributed by atoms with Crippen LogP contribution in [-0.2, 0) is 28.6 Å². The SMILES string of the molecule is CC\C=C/C=C\C=C/C=C\CCCCCCCC(=O)OCC(COC(=O)CCCCCCCCCCCC)OC(=O)CCCCCCC/C=C\C/C=C\CC. The highest BCUT2D eigenvalue weighted by atomic mass is 16.6. The van der Waals surface area contributed by atoms with E-state index in [1.807, 2.05) is 24.3 Å². The largest absolute Gasteiger partial charge is 0.462 e. The molecule has 0 saturated carbocycles. The van der Waals surface area contributed by atoms with Crippen molar-refractivity contribution in [3.63, 3.8) is 0 Å². The van der Waals surface area contributed by atoms with Gasteiger partial charge in [0.25, 0.3) is 0 Å². The van der Waals surface area contributed by atoms with Crippen LogP contribution in [0.1, 0.15) is 201 Å². The highest BCUT2D eigenvalue weighted by molar-refractivity contribution is 5.71. The quantitative estimate of drug-likeness (QED) is 0.0204. The van der Waals surface area contributed by atoms with Crippen molar-refractivity contribution in [2.75, 3.05) is 13.2 Å². The Bertz CT molecular complexity index is 1070. The summed E-state index contributed by atoms with van der Waals surface area (Å²) in [6.07, 6.45) is 53.1. The first-order valence-electron chi connectivity index (χ1n) is 22.5. The van der Waals surface area contributed by atoms with Gasteiger partial charge in [-0.3, -0.25) is 14.4 Å². The van der Waals surface area contributed by atoms with Gasteiger partial charge in [0.15, 0.2) is 6.10 Å². The minimum atomic E-state index is -0.788. The molecule has 0 aliphatic heterocycles. The van der Waals surface area contributed by atoms with Gasteiger partial charge in [-0.15, -0.1) is 0 Å². The van der Waals surface area contributed by atoms with E-state index in [2.05, 4.69) is 69.4 Å². The number of carbonyl (C=O) groups is 3. The van der Waals surface area contributed by atoms with Crippen LogP contribution in [0.3, 0.4) is 0 Å². The Morgan fingerprint density at radius 1 is 0.400 bits per heavy atom. The molecule has 0 N–H and O–H groups in total. The number of allylic oxidation sites excluding steroid dienone is 12. The van der Waals surface area contributed by atoms with Crippen LogP contribution < -0.4 is 0 Å². The molecule has 1 atom stereocenters. The van der Waals surface area contributed by atoms with Crippen LogP contribution in [0.2, 0.25) is 0 Å². The molecule has 0 radical (unpaired) electrons. The molecule has 0 heterocycles. The summed E-state index contributed by atoms with van der Waals surface area (Å²) in [5.41, 5.74) is 0. The van der Waals surface area contributed by atoms with E-state index in [0.29, 0.717) is 19.3 Å². The van der Waals surface area contributed by atoms with E-state index >= 15 is 0 Å². The van der Waals surface area contributed by atoms with Crippen molar-refractivity contribution in [2.24, 2.45) is 0 Å². The Hall–Kier alpha value is -3.15. The molecular weight excluding hydrogens is 685 g/mol. The molecule has 1 unspecified atom stereocenters. The number of unbranched alkanes of at least 4 members (excludes halogenated alkanes) is 19. The van der Waals surface area contributed by atoms with Gasteiger partial charge in [-0.1, -0.05) is 190 Å². The fourth-order valence-electron chi connectivity index (χ4n) is 5.96. The molecule has 0 fully saturated rings. The monoisotopic (exact) mass is 767 g/mol. The fourth-order valence-corrected chi connectivity index (χ4v) is 5.96. The molecule has 6 nitrogen and oxygen atoms in total. The maximum atomic E-state index is 12.7.